The monoisotopic (exact) mass is 543 g/mol. The fourth-order valence-corrected chi connectivity index (χ4v) is 4.22. The normalized spacial score (nSPS) is 11.5. The lowest BCUT2D eigenvalue weighted by molar-refractivity contribution is 0.305. The lowest BCUT2D eigenvalue weighted by Crippen LogP contribution is -2.01. The van der Waals surface area contributed by atoms with Gasteiger partial charge in [-0.25, -0.2) is 18.3 Å². The summed E-state index contributed by atoms with van der Waals surface area (Å²) in [6.07, 6.45) is 5.33. The molecule has 0 bridgehead atoms. The van der Waals surface area contributed by atoms with E-state index in [4.69, 9.17) is 25.5 Å². The molecule has 0 aliphatic rings. The van der Waals surface area contributed by atoms with E-state index in [1.54, 1.807) is 25.4 Å². The number of hydrogen-bond acceptors (Lipinski definition) is 6. The highest BCUT2D eigenvalue weighted by molar-refractivity contribution is 6.32. The number of ether oxygens (including phenoxy) is 2. The van der Waals surface area contributed by atoms with Gasteiger partial charge in [0.25, 0.3) is 0 Å². The van der Waals surface area contributed by atoms with Gasteiger partial charge in [0.2, 0.25) is 5.88 Å². The number of halogens is 3. The standard InChI is InChI=1S/C28H28ClF2N3O4/c1-17-12-27(35)38-25-15-26(22(29)14-20(17)25)36-11-7-5-4-6-10-32-16-21-18(2)33-34(3)28(21)37-19-8-9-23(30)24(31)13-19/h8-9,12-16H,4-7,10-11H2,1-3H3. The Balaban J connectivity index is 1.22. The Hall–Kier alpha value is -3.72. The molecule has 0 amide bonds. The van der Waals surface area contributed by atoms with E-state index < -0.39 is 17.3 Å². The summed E-state index contributed by atoms with van der Waals surface area (Å²) in [6.45, 7) is 4.77. The first-order valence-corrected chi connectivity index (χ1v) is 12.6. The van der Waals surface area contributed by atoms with E-state index in [2.05, 4.69) is 10.1 Å². The van der Waals surface area contributed by atoms with Crippen LogP contribution in [0.25, 0.3) is 11.0 Å². The van der Waals surface area contributed by atoms with Crippen LogP contribution in [0, 0.1) is 25.5 Å². The first-order valence-electron chi connectivity index (χ1n) is 12.3. The van der Waals surface area contributed by atoms with E-state index >= 15 is 0 Å². The Labute approximate surface area is 223 Å². The molecule has 0 unspecified atom stereocenters. The molecule has 2 aromatic heterocycles. The second-order valence-electron chi connectivity index (χ2n) is 8.93. The minimum atomic E-state index is -0.981. The van der Waals surface area contributed by atoms with Gasteiger partial charge in [0, 0.05) is 43.4 Å². The van der Waals surface area contributed by atoms with E-state index in [0.717, 1.165) is 48.8 Å². The van der Waals surface area contributed by atoms with Gasteiger partial charge in [0.15, 0.2) is 11.6 Å². The molecule has 200 valence electrons. The first-order chi connectivity index (χ1) is 18.2. The van der Waals surface area contributed by atoms with Crippen molar-refractivity contribution in [2.45, 2.75) is 39.5 Å². The van der Waals surface area contributed by atoms with Crippen LogP contribution in [0.2, 0.25) is 5.02 Å². The average Bonchev–Trinajstić information content (AvgIpc) is 3.12. The highest BCUT2D eigenvalue weighted by Crippen LogP contribution is 2.31. The molecule has 0 fully saturated rings. The van der Waals surface area contributed by atoms with Crippen molar-refractivity contribution in [1.82, 2.24) is 9.78 Å². The summed E-state index contributed by atoms with van der Waals surface area (Å²) in [7, 11) is 1.71. The molecular formula is C28H28ClF2N3O4. The lowest BCUT2D eigenvalue weighted by atomic mass is 10.1. The van der Waals surface area contributed by atoms with E-state index in [-0.39, 0.29) is 5.75 Å². The first kappa shape index (κ1) is 27.3. The number of rotatable bonds is 11. The summed E-state index contributed by atoms with van der Waals surface area (Å²) in [4.78, 5) is 16.1. The molecule has 0 radical (unpaired) electrons. The molecule has 0 N–H and O–H groups in total. The van der Waals surface area contributed by atoms with Crippen molar-refractivity contribution in [3.8, 4) is 17.4 Å². The third-order valence-electron chi connectivity index (χ3n) is 5.98. The van der Waals surface area contributed by atoms with Crippen LogP contribution in [-0.4, -0.2) is 29.1 Å². The molecule has 38 heavy (non-hydrogen) atoms. The van der Waals surface area contributed by atoms with Crippen LogP contribution in [-0.2, 0) is 7.05 Å². The Bertz CT molecular complexity index is 1530. The van der Waals surface area contributed by atoms with Crippen LogP contribution in [0.15, 0.2) is 50.6 Å². The molecule has 4 aromatic rings. The molecule has 7 nitrogen and oxygen atoms in total. The van der Waals surface area contributed by atoms with E-state index in [0.29, 0.717) is 46.6 Å². The number of hydrogen-bond donors (Lipinski definition) is 0. The van der Waals surface area contributed by atoms with Gasteiger partial charge in [-0.15, -0.1) is 0 Å². The van der Waals surface area contributed by atoms with Crippen LogP contribution in [0.3, 0.4) is 0 Å². The number of benzene rings is 2. The van der Waals surface area contributed by atoms with Crippen molar-refractivity contribution in [2.24, 2.45) is 12.0 Å². The zero-order chi connectivity index (χ0) is 27.2. The summed E-state index contributed by atoms with van der Waals surface area (Å²) in [5.41, 5.74) is 2.25. The maximum Gasteiger partial charge on any atom is 0.336 e. The fraction of sp³-hybridized carbons (Fsp3) is 0.321. The highest BCUT2D eigenvalue weighted by Gasteiger charge is 2.15. The van der Waals surface area contributed by atoms with Crippen molar-refractivity contribution in [3.05, 3.63) is 80.3 Å². The third kappa shape index (κ3) is 6.58. The van der Waals surface area contributed by atoms with Gasteiger partial charge in [0.1, 0.15) is 17.1 Å². The minimum absolute atomic E-state index is 0.174. The summed E-state index contributed by atoms with van der Waals surface area (Å²) < 4.78 is 45.1. The quantitative estimate of drug-likeness (QED) is 0.116. The minimum Gasteiger partial charge on any atom is -0.492 e. The van der Waals surface area contributed by atoms with Crippen LogP contribution in [0.4, 0.5) is 8.78 Å². The molecule has 2 heterocycles. The van der Waals surface area contributed by atoms with Gasteiger partial charge >= 0.3 is 5.63 Å². The summed E-state index contributed by atoms with van der Waals surface area (Å²) in [5.74, 6) is -0.851. The molecular weight excluding hydrogens is 516 g/mol. The van der Waals surface area contributed by atoms with Crippen molar-refractivity contribution >= 4 is 28.8 Å². The summed E-state index contributed by atoms with van der Waals surface area (Å²) in [6, 6.07) is 8.21. The average molecular weight is 544 g/mol. The highest BCUT2D eigenvalue weighted by atomic mass is 35.5. The van der Waals surface area contributed by atoms with Gasteiger partial charge in [-0.1, -0.05) is 18.0 Å². The molecule has 4 rings (SSSR count). The predicted octanol–water partition coefficient (Wildman–Crippen LogP) is 6.93. The Morgan fingerprint density at radius 2 is 1.87 bits per heavy atom. The summed E-state index contributed by atoms with van der Waals surface area (Å²) >= 11 is 6.34. The number of fused-ring (bicyclic) bond motifs is 1. The molecule has 10 heteroatoms. The van der Waals surface area contributed by atoms with E-state index in [1.165, 1.54) is 16.8 Å². The number of aromatic nitrogens is 2. The molecule has 0 saturated carbocycles. The second kappa shape index (κ2) is 12.2. The second-order valence-corrected chi connectivity index (χ2v) is 9.34. The van der Waals surface area contributed by atoms with Gasteiger partial charge in [-0.05, 0) is 56.9 Å². The summed E-state index contributed by atoms with van der Waals surface area (Å²) in [5, 5.41) is 5.60. The molecule has 0 saturated heterocycles. The molecule has 0 atom stereocenters. The zero-order valence-corrected chi connectivity index (χ0v) is 22.1. The Kier molecular flexibility index (Phi) is 8.78. The number of nitrogens with zero attached hydrogens (tertiary/aromatic N) is 3. The smallest absolute Gasteiger partial charge is 0.336 e. The maximum atomic E-state index is 13.5. The van der Waals surface area contributed by atoms with Crippen molar-refractivity contribution in [1.29, 1.82) is 0 Å². The number of aliphatic imine (C=N–C) groups is 1. The van der Waals surface area contributed by atoms with Crippen LogP contribution < -0.4 is 15.1 Å². The van der Waals surface area contributed by atoms with Crippen LogP contribution in [0.5, 0.6) is 17.4 Å². The molecule has 2 aromatic carbocycles. The van der Waals surface area contributed by atoms with E-state index in [9.17, 15) is 13.6 Å². The van der Waals surface area contributed by atoms with Gasteiger partial charge < -0.3 is 13.9 Å². The van der Waals surface area contributed by atoms with Gasteiger partial charge in [0.05, 0.1) is 22.9 Å². The third-order valence-corrected chi connectivity index (χ3v) is 6.28. The Morgan fingerprint density at radius 1 is 1.08 bits per heavy atom. The van der Waals surface area contributed by atoms with E-state index in [1.807, 2.05) is 13.8 Å². The number of aryl methyl sites for hydroxylation is 3. The lowest BCUT2D eigenvalue weighted by Gasteiger charge is -2.09. The zero-order valence-electron chi connectivity index (χ0n) is 21.4. The topological polar surface area (TPSA) is 78.8 Å². The molecule has 0 aliphatic heterocycles. The van der Waals surface area contributed by atoms with Crippen molar-refractivity contribution in [2.75, 3.05) is 13.2 Å². The van der Waals surface area contributed by atoms with Crippen LogP contribution >= 0.6 is 11.6 Å². The van der Waals surface area contributed by atoms with Crippen molar-refractivity contribution in [3.63, 3.8) is 0 Å². The number of unbranched alkanes of at least 4 members (excludes halogenated alkanes) is 3. The molecule has 0 aliphatic carbocycles. The predicted molar refractivity (Wildman–Crippen MR) is 143 cm³/mol. The largest absolute Gasteiger partial charge is 0.492 e. The van der Waals surface area contributed by atoms with Gasteiger partial charge in [-0.2, -0.15) is 5.10 Å². The van der Waals surface area contributed by atoms with Crippen LogP contribution in [0.1, 0.15) is 42.5 Å². The SMILES string of the molecule is Cc1nn(C)c(Oc2ccc(F)c(F)c2)c1C=NCCCCCCOc1cc2oc(=O)cc(C)c2cc1Cl. The van der Waals surface area contributed by atoms with Gasteiger partial charge in [-0.3, -0.25) is 4.99 Å². The maximum absolute atomic E-state index is 13.5. The fourth-order valence-electron chi connectivity index (χ4n) is 4.00. The Morgan fingerprint density at radius 3 is 2.66 bits per heavy atom. The van der Waals surface area contributed by atoms with Crippen molar-refractivity contribution < 1.29 is 22.7 Å². The molecule has 0 spiro atoms.